The van der Waals surface area contributed by atoms with Crippen LogP contribution in [0, 0.1) is 6.92 Å². The molecule has 92 valence electrons. The van der Waals surface area contributed by atoms with Crippen LogP contribution in [-0.4, -0.2) is 0 Å². The molecule has 2 aromatic rings. The fourth-order valence-corrected chi connectivity index (χ4v) is 2.95. The summed E-state index contributed by atoms with van der Waals surface area (Å²) in [7, 11) is 0. The molecular formula is C18H14O. The number of rotatable bonds is 1. The highest BCUT2D eigenvalue weighted by atomic mass is 16.3. The van der Waals surface area contributed by atoms with Gasteiger partial charge in [0.2, 0.25) is 0 Å². The molecule has 1 heteroatoms. The molecule has 1 aromatic heterocycles. The number of furan rings is 1. The van der Waals surface area contributed by atoms with Gasteiger partial charge in [-0.3, -0.25) is 0 Å². The summed E-state index contributed by atoms with van der Waals surface area (Å²) in [4.78, 5) is 0. The number of hydrogen-bond acceptors (Lipinski definition) is 1. The Kier molecular flexibility index (Phi) is 2.16. The van der Waals surface area contributed by atoms with Gasteiger partial charge in [0, 0.05) is 11.5 Å². The fraction of sp³-hybridized carbons (Fsp3) is 0.111. The molecule has 1 nitrogen and oxygen atoms in total. The van der Waals surface area contributed by atoms with E-state index in [9.17, 15) is 0 Å². The van der Waals surface area contributed by atoms with E-state index in [0.717, 1.165) is 11.5 Å². The second kappa shape index (κ2) is 3.86. The van der Waals surface area contributed by atoms with Gasteiger partial charge in [0.15, 0.2) is 0 Å². The molecule has 19 heavy (non-hydrogen) atoms. The van der Waals surface area contributed by atoms with Gasteiger partial charge in [0.05, 0.1) is 0 Å². The molecule has 1 unspecified atom stereocenters. The Bertz CT molecular complexity index is 741. The van der Waals surface area contributed by atoms with Gasteiger partial charge in [-0.1, -0.05) is 42.5 Å². The Hall–Kier alpha value is -2.28. The van der Waals surface area contributed by atoms with Gasteiger partial charge in [-0.25, -0.2) is 0 Å². The van der Waals surface area contributed by atoms with Gasteiger partial charge in [-0.15, -0.1) is 0 Å². The second-order valence-electron chi connectivity index (χ2n) is 5.08. The van der Waals surface area contributed by atoms with Gasteiger partial charge in [0.1, 0.15) is 11.5 Å². The summed E-state index contributed by atoms with van der Waals surface area (Å²) in [6, 6.07) is 10.5. The van der Waals surface area contributed by atoms with Crippen LogP contribution in [0.5, 0.6) is 0 Å². The third-order valence-electron chi connectivity index (χ3n) is 3.85. The van der Waals surface area contributed by atoms with E-state index >= 15 is 0 Å². The van der Waals surface area contributed by atoms with E-state index in [-0.39, 0.29) is 0 Å². The van der Waals surface area contributed by atoms with Gasteiger partial charge in [-0.05, 0) is 41.8 Å². The van der Waals surface area contributed by atoms with Gasteiger partial charge in [0.25, 0.3) is 0 Å². The number of fused-ring (bicyclic) bond motifs is 3. The van der Waals surface area contributed by atoms with E-state index in [0.29, 0.717) is 5.92 Å². The molecule has 0 bridgehead atoms. The molecule has 0 amide bonds. The molecule has 4 rings (SSSR count). The maximum atomic E-state index is 5.78. The Morgan fingerprint density at radius 1 is 1.05 bits per heavy atom. The Morgan fingerprint density at radius 2 is 2.00 bits per heavy atom. The largest absolute Gasteiger partial charge is 0.461 e. The predicted octanol–water partition coefficient (Wildman–Crippen LogP) is 4.86. The van der Waals surface area contributed by atoms with E-state index in [2.05, 4.69) is 54.6 Å². The van der Waals surface area contributed by atoms with Gasteiger partial charge >= 0.3 is 0 Å². The molecule has 0 N–H and O–H groups in total. The van der Waals surface area contributed by atoms with Crippen LogP contribution in [0.4, 0.5) is 0 Å². The summed E-state index contributed by atoms with van der Waals surface area (Å²) in [5.41, 5.74) is 5.23. The van der Waals surface area contributed by atoms with Crippen molar-refractivity contribution in [1.82, 2.24) is 0 Å². The summed E-state index contributed by atoms with van der Waals surface area (Å²) in [5, 5.41) is 0. The van der Waals surface area contributed by atoms with E-state index in [1.54, 1.807) is 0 Å². The van der Waals surface area contributed by atoms with Crippen molar-refractivity contribution in [3.8, 4) is 11.3 Å². The molecule has 1 heterocycles. The van der Waals surface area contributed by atoms with Crippen molar-refractivity contribution in [2.75, 3.05) is 0 Å². The Morgan fingerprint density at radius 3 is 2.84 bits per heavy atom. The fourth-order valence-electron chi connectivity index (χ4n) is 2.95. The lowest BCUT2D eigenvalue weighted by atomic mass is 9.91. The van der Waals surface area contributed by atoms with Crippen LogP contribution < -0.4 is 0 Å². The van der Waals surface area contributed by atoms with Crippen molar-refractivity contribution in [2.45, 2.75) is 12.8 Å². The molecule has 0 fully saturated rings. The maximum Gasteiger partial charge on any atom is 0.134 e. The summed E-state index contributed by atoms with van der Waals surface area (Å²) >= 11 is 0. The maximum absolute atomic E-state index is 5.78. The highest BCUT2D eigenvalue weighted by Gasteiger charge is 2.25. The van der Waals surface area contributed by atoms with Gasteiger partial charge in [-0.2, -0.15) is 0 Å². The Balaban J connectivity index is 1.93. The molecule has 2 aliphatic rings. The summed E-state index contributed by atoms with van der Waals surface area (Å²) in [5.74, 6) is 2.32. The first-order valence-corrected chi connectivity index (χ1v) is 6.59. The number of aryl methyl sites for hydroxylation is 1. The van der Waals surface area contributed by atoms with Gasteiger partial charge < -0.3 is 4.42 Å². The third kappa shape index (κ3) is 1.55. The standard InChI is InChI=1S/C18H14O/c1-12-9-10-18(19-12)16-8-4-7-15-14-6-3-2-5-13(14)11-17(15)16/h2-11,14H,1H3. The average Bonchev–Trinajstić information content (AvgIpc) is 3.02. The van der Waals surface area contributed by atoms with Crippen molar-refractivity contribution in [3.63, 3.8) is 0 Å². The smallest absolute Gasteiger partial charge is 0.134 e. The first-order chi connectivity index (χ1) is 9.33. The lowest BCUT2D eigenvalue weighted by Crippen LogP contribution is -1.96. The predicted molar refractivity (Wildman–Crippen MR) is 77.9 cm³/mol. The molecule has 0 spiro atoms. The number of benzene rings is 1. The van der Waals surface area contributed by atoms with Crippen molar-refractivity contribution in [1.29, 1.82) is 0 Å². The topological polar surface area (TPSA) is 13.1 Å². The van der Waals surface area contributed by atoms with Crippen molar-refractivity contribution >= 4 is 6.08 Å². The molecular weight excluding hydrogens is 232 g/mol. The van der Waals surface area contributed by atoms with E-state index in [4.69, 9.17) is 4.42 Å². The molecule has 1 aromatic carbocycles. The molecule has 0 saturated heterocycles. The zero-order valence-electron chi connectivity index (χ0n) is 10.8. The number of hydrogen-bond donors (Lipinski definition) is 0. The van der Waals surface area contributed by atoms with Crippen molar-refractivity contribution in [3.05, 3.63) is 77.1 Å². The quantitative estimate of drug-likeness (QED) is 0.700. The Labute approximate surface area is 112 Å². The zero-order chi connectivity index (χ0) is 12.8. The van der Waals surface area contributed by atoms with Crippen molar-refractivity contribution in [2.24, 2.45) is 0 Å². The molecule has 0 radical (unpaired) electrons. The summed E-state index contributed by atoms with van der Waals surface area (Å²) in [6.07, 6.45) is 11.0. The first kappa shape index (κ1) is 10.6. The minimum atomic E-state index is 0.413. The lowest BCUT2D eigenvalue weighted by Gasteiger charge is -2.13. The minimum absolute atomic E-state index is 0.413. The molecule has 2 aliphatic carbocycles. The van der Waals surface area contributed by atoms with Crippen LogP contribution in [0.1, 0.15) is 22.8 Å². The van der Waals surface area contributed by atoms with Crippen LogP contribution in [-0.2, 0) is 0 Å². The lowest BCUT2D eigenvalue weighted by molar-refractivity contribution is 0.548. The number of allylic oxidation sites excluding steroid dienone is 5. The van der Waals surface area contributed by atoms with Crippen LogP contribution in [0.2, 0.25) is 0 Å². The van der Waals surface area contributed by atoms with Crippen LogP contribution in [0.25, 0.3) is 17.4 Å². The zero-order valence-corrected chi connectivity index (χ0v) is 10.8. The summed E-state index contributed by atoms with van der Waals surface area (Å²) < 4.78 is 5.78. The van der Waals surface area contributed by atoms with E-state index < -0.39 is 0 Å². The SMILES string of the molecule is Cc1ccc(-c2cccc3c2C=C2C=CC=CC23)o1. The average molecular weight is 246 g/mol. The van der Waals surface area contributed by atoms with E-state index in [1.165, 1.54) is 22.3 Å². The second-order valence-corrected chi connectivity index (χ2v) is 5.08. The highest BCUT2D eigenvalue weighted by molar-refractivity contribution is 5.82. The first-order valence-electron chi connectivity index (χ1n) is 6.59. The molecule has 0 aliphatic heterocycles. The van der Waals surface area contributed by atoms with Crippen LogP contribution in [0.3, 0.4) is 0 Å². The summed E-state index contributed by atoms with van der Waals surface area (Å²) in [6.45, 7) is 1.98. The van der Waals surface area contributed by atoms with Crippen molar-refractivity contribution < 1.29 is 4.42 Å². The van der Waals surface area contributed by atoms with Crippen LogP contribution in [0.15, 0.2) is 64.6 Å². The molecule has 1 atom stereocenters. The molecule has 0 saturated carbocycles. The monoisotopic (exact) mass is 246 g/mol. The third-order valence-corrected chi connectivity index (χ3v) is 3.85. The normalized spacial score (nSPS) is 19.2. The minimum Gasteiger partial charge on any atom is -0.461 e. The van der Waals surface area contributed by atoms with E-state index in [1.807, 2.05) is 13.0 Å². The highest BCUT2D eigenvalue weighted by Crippen LogP contribution is 2.43. The van der Waals surface area contributed by atoms with Crippen LogP contribution >= 0.6 is 0 Å².